The molecule has 0 spiro atoms. The highest BCUT2D eigenvalue weighted by Gasteiger charge is 2.26. The largest absolute Gasteiger partial charge is 0.336 e. The van der Waals surface area contributed by atoms with Crippen molar-refractivity contribution < 1.29 is 4.79 Å². The summed E-state index contributed by atoms with van der Waals surface area (Å²) in [7, 11) is 0. The van der Waals surface area contributed by atoms with Crippen LogP contribution in [0.2, 0.25) is 0 Å². The zero-order valence-corrected chi connectivity index (χ0v) is 10.8. The lowest BCUT2D eigenvalue weighted by atomic mass is 9.98. The number of rotatable bonds is 2. The van der Waals surface area contributed by atoms with Crippen LogP contribution < -0.4 is 0 Å². The molecule has 1 aromatic rings. The van der Waals surface area contributed by atoms with E-state index < -0.39 is 0 Å². The molecule has 0 N–H and O–H groups in total. The van der Waals surface area contributed by atoms with Gasteiger partial charge in [-0.05, 0) is 44.2 Å². The van der Waals surface area contributed by atoms with E-state index in [0.29, 0.717) is 6.04 Å². The zero-order valence-electron chi connectivity index (χ0n) is 10.8. The van der Waals surface area contributed by atoms with Gasteiger partial charge in [0.2, 0.25) is 0 Å². The van der Waals surface area contributed by atoms with E-state index in [2.05, 4.69) is 11.8 Å². The molecule has 0 saturated carbocycles. The van der Waals surface area contributed by atoms with E-state index in [-0.39, 0.29) is 5.91 Å². The van der Waals surface area contributed by atoms with Gasteiger partial charge in [0, 0.05) is 18.2 Å². The van der Waals surface area contributed by atoms with Crippen LogP contribution in [0.1, 0.15) is 48.5 Å². The number of hydrogen-bond acceptors (Lipinski definition) is 1. The summed E-state index contributed by atoms with van der Waals surface area (Å²) in [4.78, 5) is 14.6. The van der Waals surface area contributed by atoms with Crippen LogP contribution >= 0.6 is 0 Å². The number of aryl methyl sites for hydroxylation is 1. The minimum absolute atomic E-state index is 0.217. The molecule has 2 rings (SSSR count). The van der Waals surface area contributed by atoms with Crippen LogP contribution in [-0.4, -0.2) is 23.4 Å². The van der Waals surface area contributed by atoms with E-state index in [1.54, 1.807) is 0 Å². The van der Waals surface area contributed by atoms with Gasteiger partial charge in [-0.15, -0.1) is 0 Å². The summed E-state index contributed by atoms with van der Waals surface area (Å²) in [6, 6.07) is 8.33. The summed E-state index contributed by atoms with van der Waals surface area (Å²) in [5.74, 6) is 0.217. The van der Waals surface area contributed by atoms with Crippen LogP contribution in [0.15, 0.2) is 24.3 Å². The van der Waals surface area contributed by atoms with Crippen LogP contribution in [0.3, 0.4) is 0 Å². The van der Waals surface area contributed by atoms with Crippen LogP contribution in [0.25, 0.3) is 0 Å². The van der Waals surface area contributed by atoms with Crippen molar-refractivity contribution in [2.75, 3.05) is 6.54 Å². The minimum Gasteiger partial charge on any atom is -0.336 e. The number of hydrogen-bond donors (Lipinski definition) is 0. The lowest BCUT2D eigenvalue weighted by Crippen LogP contribution is -2.43. The Bertz CT molecular complexity index is 400. The molecule has 0 aliphatic carbocycles. The van der Waals surface area contributed by atoms with E-state index in [0.717, 1.165) is 36.9 Å². The van der Waals surface area contributed by atoms with Gasteiger partial charge in [-0.3, -0.25) is 4.79 Å². The minimum atomic E-state index is 0.217. The standard InChI is InChI=1S/C15H21NO/c1-3-13-9-6-7-11-16(13)15(17)14-10-5-4-8-12(14)2/h4-5,8,10,13H,3,6-7,9,11H2,1-2H3/t13-/m0/s1. The molecule has 1 aliphatic rings. The first-order valence-corrected chi connectivity index (χ1v) is 6.60. The topological polar surface area (TPSA) is 20.3 Å². The summed E-state index contributed by atoms with van der Waals surface area (Å²) in [6.07, 6.45) is 4.63. The van der Waals surface area contributed by atoms with E-state index in [4.69, 9.17) is 0 Å². The highest BCUT2D eigenvalue weighted by atomic mass is 16.2. The molecule has 17 heavy (non-hydrogen) atoms. The molecule has 2 nitrogen and oxygen atoms in total. The Labute approximate surface area is 104 Å². The lowest BCUT2D eigenvalue weighted by molar-refractivity contribution is 0.0607. The average molecular weight is 231 g/mol. The predicted octanol–water partition coefficient (Wildman–Crippen LogP) is 3.40. The van der Waals surface area contributed by atoms with Gasteiger partial charge >= 0.3 is 0 Å². The molecule has 2 heteroatoms. The van der Waals surface area contributed by atoms with Crippen LogP contribution in [0.4, 0.5) is 0 Å². The Morgan fingerprint density at radius 3 is 2.82 bits per heavy atom. The van der Waals surface area contributed by atoms with Crippen molar-refractivity contribution in [3.05, 3.63) is 35.4 Å². The fraction of sp³-hybridized carbons (Fsp3) is 0.533. The van der Waals surface area contributed by atoms with Crippen molar-refractivity contribution in [1.29, 1.82) is 0 Å². The molecule has 1 atom stereocenters. The Hall–Kier alpha value is -1.31. The summed E-state index contributed by atoms with van der Waals surface area (Å²) >= 11 is 0. The molecule has 1 heterocycles. The first kappa shape index (κ1) is 12.2. The normalized spacial score (nSPS) is 20.4. The Balaban J connectivity index is 2.21. The second-order valence-electron chi connectivity index (χ2n) is 4.87. The van der Waals surface area contributed by atoms with Gasteiger partial charge in [0.15, 0.2) is 0 Å². The molecule has 1 aromatic carbocycles. The average Bonchev–Trinajstić information content (AvgIpc) is 2.38. The Morgan fingerprint density at radius 1 is 1.35 bits per heavy atom. The Kier molecular flexibility index (Phi) is 3.82. The van der Waals surface area contributed by atoms with Crippen molar-refractivity contribution >= 4 is 5.91 Å². The monoisotopic (exact) mass is 231 g/mol. The molecule has 0 unspecified atom stereocenters. The second kappa shape index (κ2) is 5.35. The number of amides is 1. The van der Waals surface area contributed by atoms with E-state index in [1.165, 1.54) is 6.42 Å². The van der Waals surface area contributed by atoms with E-state index in [9.17, 15) is 4.79 Å². The van der Waals surface area contributed by atoms with E-state index >= 15 is 0 Å². The maximum absolute atomic E-state index is 12.5. The van der Waals surface area contributed by atoms with Crippen molar-refractivity contribution in [2.24, 2.45) is 0 Å². The second-order valence-corrected chi connectivity index (χ2v) is 4.87. The molecule has 0 bridgehead atoms. The molecule has 1 amide bonds. The third-order valence-electron chi connectivity index (χ3n) is 3.73. The van der Waals surface area contributed by atoms with Gasteiger partial charge in [-0.25, -0.2) is 0 Å². The van der Waals surface area contributed by atoms with Gasteiger partial charge in [0.1, 0.15) is 0 Å². The summed E-state index contributed by atoms with van der Waals surface area (Å²) in [6.45, 7) is 5.11. The predicted molar refractivity (Wildman–Crippen MR) is 70.1 cm³/mol. The number of carbonyl (C=O) groups excluding carboxylic acids is 1. The maximum Gasteiger partial charge on any atom is 0.254 e. The molecule has 0 aromatic heterocycles. The van der Waals surface area contributed by atoms with Gasteiger partial charge < -0.3 is 4.90 Å². The number of nitrogens with zero attached hydrogens (tertiary/aromatic N) is 1. The third-order valence-corrected chi connectivity index (χ3v) is 3.73. The van der Waals surface area contributed by atoms with Crippen molar-refractivity contribution in [1.82, 2.24) is 4.90 Å². The quantitative estimate of drug-likeness (QED) is 0.764. The summed E-state index contributed by atoms with van der Waals surface area (Å²) in [5.41, 5.74) is 1.95. The summed E-state index contributed by atoms with van der Waals surface area (Å²) < 4.78 is 0. The Morgan fingerprint density at radius 2 is 2.12 bits per heavy atom. The number of likely N-dealkylation sites (tertiary alicyclic amines) is 1. The van der Waals surface area contributed by atoms with Crippen molar-refractivity contribution in [3.8, 4) is 0 Å². The van der Waals surface area contributed by atoms with Gasteiger partial charge in [-0.1, -0.05) is 25.1 Å². The highest BCUT2D eigenvalue weighted by Crippen LogP contribution is 2.22. The zero-order chi connectivity index (χ0) is 12.3. The number of piperidine rings is 1. The smallest absolute Gasteiger partial charge is 0.254 e. The maximum atomic E-state index is 12.5. The van der Waals surface area contributed by atoms with Gasteiger partial charge in [0.05, 0.1) is 0 Å². The molecule has 1 aliphatic heterocycles. The van der Waals surface area contributed by atoms with Crippen molar-refractivity contribution in [2.45, 2.75) is 45.6 Å². The first-order valence-electron chi connectivity index (χ1n) is 6.60. The molecular formula is C15H21NO. The SMILES string of the molecule is CC[C@H]1CCCCN1C(=O)c1ccccc1C. The first-order chi connectivity index (χ1) is 8.24. The van der Waals surface area contributed by atoms with Crippen LogP contribution in [-0.2, 0) is 0 Å². The third kappa shape index (κ3) is 2.51. The van der Waals surface area contributed by atoms with Gasteiger partial charge in [0.25, 0.3) is 5.91 Å². The number of benzene rings is 1. The molecule has 0 radical (unpaired) electrons. The van der Waals surface area contributed by atoms with E-state index in [1.807, 2.05) is 31.2 Å². The van der Waals surface area contributed by atoms with Crippen LogP contribution in [0.5, 0.6) is 0 Å². The lowest BCUT2D eigenvalue weighted by Gasteiger charge is -2.35. The fourth-order valence-corrected chi connectivity index (χ4v) is 2.66. The molecular weight excluding hydrogens is 210 g/mol. The van der Waals surface area contributed by atoms with Gasteiger partial charge in [-0.2, -0.15) is 0 Å². The van der Waals surface area contributed by atoms with Crippen LogP contribution in [0, 0.1) is 6.92 Å². The fourth-order valence-electron chi connectivity index (χ4n) is 2.66. The molecule has 1 saturated heterocycles. The summed E-state index contributed by atoms with van der Waals surface area (Å²) in [5, 5.41) is 0. The van der Waals surface area contributed by atoms with Crippen molar-refractivity contribution in [3.63, 3.8) is 0 Å². The molecule has 92 valence electrons. The number of carbonyl (C=O) groups is 1. The highest BCUT2D eigenvalue weighted by molar-refractivity contribution is 5.95. The molecule has 1 fully saturated rings.